The number of hydrogen-bond donors (Lipinski definition) is 1. The first-order valence-electron chi connectivity index (χ1n) is 8.34. The van der Waals surface area contributed by atoms with Crippen LogP contribution in [-0.4, -0.2) is 26.1 Å². The molecule has 0 bridgehead atoms. The number of thioether (sulfide) groups is 1. The van der Waals surface area contributed by atoms with E-state index in [9.17, 15) is 18.0 Å². The fourth-order valence-electron chi connectivity index (χ4n) is 2.31. The van der Waals surface area contributed by atoms with Crippen LogP contribution in [0.4, 0.5) is 18.9 Å². The number of amides is 1. The quantitative estimate of drug-likeness (QED) is 0.331. The van der Waals surface area contributed by atoms with Crippen molar-refractivity contribution in [3.8, 4) is 11.3 Å². The molecule has 0 fully saturated rings. The molecule has 3 aromatic rings. The summed E-state index contributed by atoms with van der Waals surface area (Å²) in [6.45, 7) is 1.54. The van der Waals surface area contributed by atoms with Crippen LogP contribution in [0.15, 0.2) is 59.9 Å². The molecule has 3 rings (SSSR count). The molecule has 2 heterocycles. The first kappa shape index (κ1) is 21.1. The van der Waals surface area contributed by atoms with Gasteiger partial charge >= 0.3 is 6.18 Å². The minimum absolute atomic E-state index is 0.111. The van der Waals surface area contributed by atoms with Gasteiger partial charge < -0.3 is 5.32 Å². The lowest BCUT2D eigenvalue weighted by Crippen LogP contribution is -2.23. The van der Waals surface area contributed by atoms with Crippen molar-refractivity contribution >= 4 is 35.0 Å². The topological polar surface area (TPSA) is 67.8 Å². The van der Waals surface area contributed by atoms with E-state index in [0.29, 0.717) is 11.3 Å². The van der Waals surface area contributed by atoms with E-state index >= 15 is 0 Å². The summed E-state index contributed by atoms with van der Waals surface area (Å²) in [5.41, 5.74) is -0.127. The Balaban J connectivity index is 1.85. The third kappa shape index (κ3) is 5.45. The molecule has 2 aromatic heterocycles. The van der Waals surface area contributed by atoms with E-state index in [-0.39, 0.29) is 16.0 Å². The van der Waals surface area contributed by atoms with Gasteiger partial charge in [-0.2, -0.15) is 13.2 Å². The predicted molar refractivity (Wildman–Crippen MR) is 106 cm³/mol. The number of pyridine rings is 1. The number of halogens is 4. The molecule has 1 N–H and O–H groups in total. The molecule has 0 aliphatic heterocycles. The molecule has 29 heavy (non-hydrogen) atoms. The number of carbonyl (C=O) groups is 1. The van der Waals surface area contributed by atoms with Gasteiger partial charge in [0.2, 0.25) is 5.91 Å². The zero-order valence-corrected chi connectivity index (χ0v) is 16.5. The maximum atomic E-state index is 13.3. The normalized spacial score (nSPS) is 12.4. The Morgan fingerprint density at radius 2 is 1.86 bits per heavy atom. The predicted octanol–water partition coefficient (Wildman–Crippen LogP) is 5.33. The highest BCUT2D eigenvalue weighted by molar-refractivity contribution is 8.00. The van der Waals surface area contributed by atoms with E-state index in [2.05, 4.69) is 20.3 Å². The summed E-state index contributed by atoms with van der Waals surface area (Å²) in [4.78, 5) is 24.0. The molecular weight excluding hydrogens is 425 g/mol. The Kier molecular flexibility index (Phi) is 6.39. The third-order valence-corrected chi connectivity index (χ3v) is 5.00. The molecule has 0 saturated carbocycles. The number of benzene rings is 1. The van der Waals surface area contributed by atoms with Crippen molar-refractivity contribution in [2.24, 2.45) is 0 Å². The largest absolute Gasteiger partial charge is 0.433 e. The van der Waals surface area contributed by atoms with Gasteiger partial charge in [0.05, 0.1) is 16.6 Å². The minimum Gasteiger partial charge on any atom is -0.322 e. The molecule has 10 heteroatoms. The van der Waals surface area contributed by atoms with Crippen molar-refractivity contribution in [1.29, 1.82) is 0 Å². The summed E-state index contributed by atoms with van der Waals surface area (Å²) in [5.74, 6) is -0.466. The van der Waals surface area contributed by atoms with Crippen LogP contribution in [0.5, 0.6) is 0 Å². The molecule has 0 aliphatic carbocycles. The van der Waals surface area contributed by atoms with E-state index in [1.807, 2.05) is 0 Å². The number of hydrogen-bond acceptors (Lipinski definition) is 5. The number of nitrogens with zero attached hydrogens (tertiary/aromatic N) is 3. The fourth-order valence-corrected chi connectivity index (χ4v) is 3.26. The Labute approximate surface area is 173 Å². The van der Waals surface area contributed by atoms with Gasteiger partial charge in [-0.05, 0) is 25.1 Å². The van der Waals surface area contributed by atoms with Gasteiger partial charge in [0.25, 0.3) is 0 Å². The summed E-state index contributed by atoms with van der Waals surface area (Å²) in [6.07, 6.45) is -3.17. The van der Waals surface area contributed by atoms with Gasteiger partial charge in [-0.1, -0.05) is 53.7 Å². The third-order valence-electron chi connectivity index (χ3n) is 3.73. The van der Waals surface area contributed by atoms with Crippen molar-refractivity contribution in [2.45, 2.75) is 23.5 Å². The van der Waals surface area contributed by atoms with E-state index in [4.69, 9.17) is 11.6 Å². The first-order chi connectivity index (χ1) is 13.7. The van der Waals surface area contributed by atoms with Crippen molar-refractivity contribution in [3.05, 3.63) is 65.6 Å². The smallest absolute Gasteiger partial charge is 0.322 e. The first-order valence-corrected chi connectivity index (χ1v) is 9.59. The molecule has 1 atom stereocenters. The molecule has 150 valence electrons. The lowest BCUT2D eigenvalue weighted by atomic mass is 10.1. The monoisotopic (exact) mass is 438 g/mol. The van der Waals surface area contributed by atoms with Crippen LogP contribution >= 0.6 is 23.4 Å². The van der Waals surface area contributed by atoms with E-state index < -0.39 is 23.0 Å². The summed E-state index contributed by atoms with van der Waals surface area (Å²) in [5, 5.41) is 1.77. The van der Waals surface area contributed by atoms with Gasteiger partial charge in [0.1, 0.15) is 5.69 Å². The molecular formula is C19H14ClF3N4OS. The molecule has 0 aliphatic rings. The van der Waals surface area contributed by atoms with Gasteiger partial charge in [0.15, 0.2) is 10.3 Å². The van der Waals surface area contributed by atoms with Gasteiger partial charge in [-0.15, -0.1) is 0 Å². The molecule has 0 saturated heterocycles. The highest BCUT2D eigenvalue weighted by Gasteiger charge is 2.34. The Morgan fingerprint density at radius 3 is 2.52 bits per heavy atom. The molecule has 1 amide bonds. The van der Waals surface area contributed by atoms with Crippen LogP contribution in [0.1, 0.15) is 12.6 Å². The minimum atomic E-state index is -4.64. The van der Waals surface area contributed by atoms with E-state index in [0.717, 1.165) is 17.8 Å². The second-order valence-electron chi connectivity index (χ2n) is 5.88. The highest BCUT2D eigenvalue weighted by Crippen LogP contribution is 2.33. The number of alkyl halides is 3. The van der Waals surface area contributed by atoms with Crippen molar-refractivity contribution in [2.75, 3.05) is 5.32 Å². The van der Waals surface area contributed by atoms with Crippen molar-refractivity contribution in [3.63, 3.8) is 0 Å². The average Bonchev–Trinajstić information content (AvgIpc) is 2.69. The van der Waals surface area contributed by atoms with Gasteiger partial charge in [-0.25, -0.2) is 15.0 Å². The van der Waals surface area contributed by atoms with Crippen LogP contribution in [0.2, 0.25) is 5.15 Å². The van der Waals surface area contributed by atoms with Gasteiger partial charge in [0, 0.05) is 11.8 Å². The van der Waals surface area contributed by atoms with Crippen LogP contribution < -0.4 is 5.32 Å². The van der Waals surface area contributed by atoms with Gasteiger partial charge in [-0.3, -0.25) is 4.79 Å². The maximum Gasteiger partial charge on any atom is 0.433 e. The number of rotatable bonds is 5. The molecule has 0 spiro atoms. The van der Waals surface area contributed by atoms with Crippen molar-refractivity contribution < 1.29 is 18.0 Å². The van der Waals surface area contributed by atoms with Crippen LogP contribution in [0.3, 0.4) is 0 Å². The average molecular weight is 439 g/mol. The SMILES string of the molecule is C[C@H](Sc1nc(-c2ccccc2)cc(C(F)(F)F)n1)C(=O)Nc1cccnc1Cl. The van der Waals surface area contributed by atoms with Crippen molar-refractivity contribution in [1.82, 2.24) is 15.0 Å². The van der Waals surface area contributed by atoms with E-state index in [1.54, 1.807) is 42.5 Å². The number of carbonyl (C=O) groups excluding carboxylic acids is 1. The lowest BCUT2D eigenvalue weighted by molar-refractivity contribution is -0.141. The Morgan fingerprint density at radius 1 is 1.14 bits per heavy atom. The number of anilines is 1. The van der Waals surface area contributed by atoms with Crippen LogP contribution in [-0.2, 0) is 11.0 Å². The zero-order valence-electron chi connectivity index (χ0n) is 14.9. The highest BCUT2D eigenvalue weighted by atomic mass is 35.5. The summed E-state index contributed by atoms with van der Waals surface area (Å²) in [7, 11) is 0. The molecule has 0 radical (unpaired) electrons. The second-order valence-corrected chi connectivity index (χ2v) is 7.54. The zero-order chi connectivity index (χ0) is 21.0. The lowest BCUT2D eigenvalue weighted by Gasteiger charge is -2.14. The molecule has 5 nitrogen and oxygen atoms in total. The summed E-state index contributed by atoms with van der Waals surface area (Å²) < 4.78 is 39.9. The standard InChI is InChI=1S/C19H14ClF3N4OS/c1-11(17(28)25-13-8-5-9-24-16(13)20)29-18-26-14(12-6-3-2-4-7-12)10-15(27-18)19(21,22)23/h2-11H,1H3,(H,25,28)/t11-/m0/s1. The Bertz CT molecular complexity index is 1020. The van der Waals surface area contributed by atoms with Crippen LogP contribution in [0.25, 0.3) is 11.3 Å². The molecule has 0 unspecified atom stereocenters. The Hall–Kier alpha value is -2.65. The van der Waals surface area contributed by atoms with Crippen LogP contribution in [0, 0.1) is 0 Å². The number of nitrogens with one attached hydrogen (secondary N) is 1. The molecule has 1 aromatic carbocycles. The fraction of sp³-hybridized carbons (Fsp3) is 0.158. The summed E-state index contributed by atoms with van der Waals surface area (Å²) >= 11 is 6.73. The maximum absolute atomic E-state index is 13.3. The number of aromatic nitrogens is 3. The second kappa shape index (κ2) is 8.79. The van der Waals surface area contributed by atoms with E-state index in [1.165, 1.54) is 13.1 Å². The summed E-state index contributed by atoms with van der Waals surface area (Å²) in [6, 6.07) is 12.5.